The Hall–Kier alpha value is -1.23. The summed E-state index contributed by atoms with van der Waals surface area (Å²) in [5, 5.41) is 12.5. The minimum atomic E-state index is -4.41. The number of phenolic OH excluding ortho intramolecular Hbond substituents is 1. The standard InChI is InChI=1S/C12H14F3NO/c13-12(14,15)9-5-8(6-10(17)7-9)11-3-1-2-4-16-11/h5-7,11,16-17H,1-4H2/t11-/m0/s1. The van der Waals surface area contributed by atoms with E-state index < -0.39 is 11.7 Å². The van der Waals surface area contributed by atoms with Crippen molar-refractivity contribution in [3.63, 3.8) is 0 Å². The van der Waals surface area contributed by atoms with Crippen LogP contribution >= 0.6 is 0 Å². The fraction of sp³-hybridized carbons (Fsp3) is 0.500. The number of aromatic hydroxyl groups is 1. The molecule has 1 saturated heterocycles. The molecular weight excluding hydrogens is 231 g/mol. The summed E-state index contributed by atoms with van der Waals surface area (Å²) in [6.07, 6.45) is -1.57. The largest absolute Gasteiger partial charge is 0.508 e. The predicted octanol–water partition coefficient (Wildman–Crippen LogP) is 3.23. The van der Waals surface area contributed by atoms with Gasteiger partial charge in [0.05, 0.1) is 5.56 Å². The van der Waals surface area contributed by atoms with E-state index in [4.69, 9.17) is 0 Å². The lowest BCUT2D eigenvalue weighted by Gasteiger charge is -2.24. The number of alkyl halides is 3. The van der Waals surface area contributed by atoms with Crippen LogP contribution in [0.5, 0.6) is 5.75 Å². The van der Waals surface area contributed by atoms with E-state index in [2.05, 4.69) is 5.32 Å². The molecule has 1 aliphatic rings. The van der Waals surface area contributed by atoms with Crippen molar-refractivity contribution in [1.82, 2.24) is 5.32 Å². The Morgan fingerprint density at radius 2 is 1.94 bits per heavy atom. The van der Waals surface area contributed by atoms with E-state index in [0.717, 1.165) is 37.9 Å². The number of piperidine rings is 1. The molecule has 1 heterocycles. The molecule has 94 valence electrons. The van der Waals surface area contributed by atoms with Crippen molar-refractivity contribution >= 4 is 0 Å². The maximum Gasteiger partial charge on any atom is 0.416 e. The third-order valence-electron chi connectivity index (χ3n) is 2.98. The lowest BCUT2D eigenvalue weighted by Crippen LogP contribution is -2.27. The first-order valence-electron chi connectivity index (χ1n) is 5.61. The second kappa shape index (κ2) is 4.56. The quantitative estimate of drug-likeness (QED) is 0.796. The summed E-state index contributed by atoms with van der Waals surface area (Å²) in [4.78, 5) is 0. The van der Waals surface area contributed by atoms with Crippen LogP contribution in [0, 0.1) is 0 Å². The molecule has 1 aliphatic heterocycles. The van der Waals surface area contributed by atoms with Crippen LogP contribution in [-0.4, -0.2) is 11.7 Å². The van der Waals surface area contributed by atoms with Gasteiger partial charge in [0.15, 0.2) is 0 Å². The van der Waals surface area contributed by atoms with Crippen LogP contribution in [0.15, 0.2) is 18.2 Å². The Morgan fingerprint density at radius 3 is 2.53 bits per heavy atom. The normalized spacial score (nSPS) is 21.5. The number of hydrogen-bond donors (Lipinski definition) is 2. The van der Waals surface area contributed by atoms with Crippen molar-refractivity contribution < 1.29 is 18.3 Å². The average Bonchev–Trinajstić information content (AvgIpc) is 2.28. The molecular formula is C12H14F3NO. The van der Waals surface area contributed by atoms with Crippen molar-refractivity contribution in [3.8, 4) is 5.75 Å². The van der Waals surface area contributed by atoms with Crippen LogP contribution < -0.4 is 5.32 Å². The molecule has 1 atom stereocenters. The summed E-state index contributed by atoms with van der Waals surface area (Å²) in [5.74, 6) is -0.331. The number of phenols is 1. The van der Waals surface area contributed by atoms with Gasteiger partial charge in [0.2, 0.25) is 0 Å². The Balaban J connectivity index is 2.31. The van der Waals surface area contributed by atoms with Gasteiger partial charge in [-0.05, 0) is 43.1 Å². The molecule has 1 aromatic carbocycles. The van der Waals surface area contributed by atoms with E-state index in [-0.39, 0.29) is 11.8 Å². The molecule has 2 N–H and O–H groups in total. The Bertz CT molecular complexity index is 397. The molecule has 0 radical (unpaired) electrons. The molecule has 0 unspecified atom stereocenters. The summed E-state index contributed by atoms with van der Waals surface area (Å²) < 4.78 is 37.8. The van der Waals surface area contributed by atoms with Gasteiger partial charge in [-0.2, -0.15) is 13.2 Å². The van der Waals surface area contributed by atoms with Gasteiger partial charge in [-0.25, -0.2) is 0 Å². The van der Waals surface area contributed by atoms with Crippen LogP contribution in [0.25, 0.3) is 0 Å². The summed E-state index contributed by atoms with van der Waals surface area (Å²) >= 11 is 0. The number of rotatable bonds is 1. The van der Waals surface area contributed by atoms with Crippen LogP contribution in [0.3, 0.4) is 0 Å². The number of benzene rings is 1. The molecule has 0 aromatic heterocycles. The number of hydrogen-bond acceptors (Lipinski definition) is 2. The highest BCUT2D eigenvalue weighted by Gasteiger charge is 2.32. The third-order valence-corrected chi connectivity index (χ3v) is 2.98. The van der Waals surface area contributed by atoms with Crippen LogP contribution in [0.2, 0.25) is 0 Å². The highest BCUT2D eigenvalue weighted by atomic mass is 19.4. The molecule has 0 saturated carbocycles. The van der Waals surface area contributed by atoms with Crippen molar-refractivity contribution in [1.29, 1.82) is 0 Å². The zero-order valence-electron chi connectivity index (χ0n) is 9.22. The second-order valence-corrected chi connectivity index (χ2v) is 4.31. The first-order chi connectivity index (χ1) is 7.97. The van der Waals surface area contributed by atoms with Gasteiger partial charge >= 0.3 is 6.18 Å². The lowest BCUT2D eigenvalue weighted by atomic mass is 9.96. The van der Waals surface area contributed by atoms with Gasteiger partial charge < -0.3 is 10.4 Å². The Kier molecular flexibility index (Phi) is 3.28. The highest BCUT2D eigenvalue weighted by Crippen LogP contribution is 2.35. The SMILES string of the molecule is Oc1cc([C@@H]2CCCCN2)cc(C(F)(F)F)c1. The number of halogens is 3. The lowest BCUT2D eigenvalue weighted by molar-refractivity contribution is -0.137. The summed E-state index contributed by atoms with van der Waals surface area (Å²) in [7, 11) is 0. The van der Waals surface area contributed by atoms with Crippen LogP contribution in [0.4, 0.5) is 13.2 Å². The monoisotopic (exact) mass is 245 g/mol. The van der Waals surface area contributed by atoms with Crippen LogP contribution in [-0.2, 0) is 6.18 Å². The second-order valence-electron chi connectivity index (χ2n) is 4.31. The molecule has 0 amide bonds. The van der Waals surface area contributed by atoms with E-state index >= 15 is 0 Å². The molecule has 5 heteroatoms. The van der Waals surface area contributed by atoms with E-state index in [0.29, 0.717) is 5.56 Å². The maximum atomic E-state index is 12.6. The van der Waals surface area contributed by atoms with E-state index in [1.54, 1.807) is 0 Å². The molecule has 17 heavy (non-hydrogen) atoms. The third kappa shape index (κ3) is 2.91. The molecule has 0 bridgehead atoms. The molecule has 2 nitrogen and oxygen atoms in total. The smallest absolute Gasteiger partial charge is 0.416 e. The zero-order valence-corrected chi connectivity index (χ0v) is 9.22. The van der Waals surface area contributed by atoms with Crippen molar-refractivity contribution in [3.05, 3.63) is 29.3 Å². The zero-order chi connectivity index (χ0) is 12.5. The Morgan fingerprint density at radius 1 is 1.18 bits per heavy atom. The topological polar surface area (TPSA) is 32.3 Å². The summed E-state index contributed by atoms with van der Waals surface area (Å²) in [5.41, 5.74) is -0.281. The highest BCUT2D eigenvalue weighted by molar-refractivity contribution is 5.36. The van der Waals surface area contributed by atoms with Crippen molar-refractivity contribution in [2.24, 2.45) is 0 Å². The van der Waals surface area contributed by atoms with Crippen LogP contribution in [0.1, 0.15) is 36.4 Å². The minimum Gasteiger partial charge on any atom is -0.508 e. The maximum absolute atomic E-state index is 12.6. The van der Waals surface area contributed by atoms with Gasteiger partial charge in [-0.15, -0.1) is 0 Å². The summed E-state index contributed by atoms with van der Waals surface area (Å²) in [6.45, 7) is 0.807. The van der Waals surface area contributed by atoms with Gasteiger partial charge in [-0.3, -0.25) is 0 Å². The number of nitrogens with one attached hydrogen (secondary N) is 1. The average molecular weight is 245 g/mol. The van der Waals surface area contributed by atoms with E-state index in [1.807, 2.05) is 0 Å². The molecule has 1 fully saturated rings. The molecule has 0 aliphatic carbocycles. The van der Waals surface area contributed by atoms with Gasteiger partial charge in [-0.1, -0.05) is 6.42 Å². The van der Waals surface area contributed by atoms with Crippen molar-refractivity contribution in [2.75, 3.05) is 6.54 Å². The fourth-order valence-electron chi connectivity index (χ4n) is 2.14. The van der Waals surface area contributed by atoms with E-state index in [9.17, 15) is 18.3 Å². The molecule has 1 aromatic rings. The Labute approximate surface area is 97.5 Å². The van der Waals surface area contributed by atoms with Gasteiger partial charge in [0, 0.05) is 6.04 Å². The van der Waals surface area contributed by atoms with Gasteiger partial charge in [0.1, 0.15) is 5.75 Å². The van der Waals surface area contributed by atoms with Gasteiger partial charge in [0.25, 0.3) is 0 Å². The summed E-state index contributed by atoms with van der Waals surface area (Å²) in [6, 6.07) is 3.18. The minimum absolute atomic E-state index is 0.0862. The predicted molar refractivity (Wildman–Crippen MR) is 57.7 cm³/mol. The molecule has 2 rings (SSSR count). The van der Waals surface area contributed by atoms with E-state index in [1.165, 1.54) is 6.07 Å². The first kappa shape index (κ1) is 12.2. The molecule has 0 spiro atoms. The fourth-order valence-corrected chi connectivity index (χ4v) is 2.14. The first-order valence-corrected chi connectivity index (χ1v) is 5.61. The van der Waals surface area contributed by atoms with Crippen molar-refractivity contribution in [2.45, 2.75) is 31.5 Å².